The van der Waals surface area contributed by atoms with Crippen molar-refractivity contribution in [3.8, 4) is 0 Å². The zero-order chi connectivity index (χ0) is 16.4. The summed E-state index contributed by atoms with van der Waals surface area (Å²) in [4.78, 5) is 29.8. The molecule has 5 nitrogen and oxygen atoms in total. The highest BCUT2D eigenvalue weighted by Gasteiger charge is 2.34. The number of aromatic nitrogens is 1. The maximum Gasteiger partial charge on any atom is 0.326 e. The molecule has 1 aromatic heterocycles. The van der Waals surface area contributed by atoms with Crippen LogP contribution in [0.4, 0.5) is 0 Å². The third-order valence-corrected chi connectivity index (χ3v) is 4.18. The number of hydrogen-bond donors (Lipinski definition) is 1. The first kappa shape index (κ1) is 15.2. The normalized spacial score (nSPS) is 16.7. The van der Waals surface area contributed by atoms with Gasteiger partial charge in [-0.05, 0) is 29.7 Å². The molecule has 0 spiro atoms. The molecule has 1 aliphatic rings. The quantitative estimate of drug-likeness (QED) is 0.941. The molecule has 3 rings (SSSR count). The van der Waals surface area contributed by atoms with Crippen LogP contribution in [0.1, 0.15) is 22.4 Å². The summed E-state index contributed by atoms with van der Waals surface area (Å²) in [7, 11) is 0. The standard InChI is InChI=1S/C18H18N2O3/c1-12-6-7-13(10-19-12)8-17(21)20-11-15-5-3-2-4-14(15)9-16(20)18(22)23/h2-7,10,16H,8-9,11H2,1H3,(H,22,23). The summed E-state index contributed by atoms with van der Waals surface area (Å²) in [5.41, 5.74) is 3.70. The molecule has 2 heterocycles. The molecule has 0 bridgehead atoms. The van der Waals surface area contributed by atoms with Crippen LogP contribution in [0, 0.1) is 6.92 Å². The largest absolute Gasteiger partial charge is 0.480 e. The molecule has 0 fully saturated rings. The SMILES string of the molecule is Cc1ccc(CC(=O)N2Cc3ccccc3CC2C(=O)O)cn1. The molecule has 1 aliphatic heterocycles. The van der Waals surface area contributed by atoms with E-state index in [9.17, 15) is 14.7 Å². The van der Waals surface area contributed by atoms with Crippen molar-refractivity contribution in [2.45, 2.75) is 32.4 Å². The van der Waals surface area contributed by atoms with E-state index < -0.39 is 12.0 Å². The maximum absolute atomic E-state index is 12.6. The first-order valence-electron chi connectivity index (χ1n) is 7.55. The zero-order valence-electron chi connectivity index (χ0n) is 12.9. The van der Waals surface area contributed by atoms with Gasteiger partial charge in [-0.25, -0.2) is 4.79 Å². The van der Waals surface area contributed by atoms with Crippen molar-refractivity contribution in [1.29, 1.82) is 0 Å². The third kappa shape index (κ3) is 3.23. The number of carbonyl (C=O) groups is 2. The lowest BCUT2D eigenvalue weighted by atomic mass is 9.93. The predicted molar refractivity (Wildman–Crippen MR) is 84.8 cm³/mol. The molecule has 2 aromatic rings. The van der Waals surface area contributed by atoms with Gasteiger partial charge in [-0.15, -0.1) is 0 Å². The second-order valence-electron chi connectivity index (χ2n) is 5.83. The second kappa shape index (κ2) is 6.20. The lowest BCUT2D eigenvalue weighted by Crippen LogP contribution is -2.49. The van der Waals surface area contributed by atoms with Crippen LogP contribution < -0.4 is 0 Å². The van der Waals surface area contributed by atoms with Crippen LogP contribution in [0.2, 0.25) is 0 Å². The molecule has 5 heteroatoms. The fourth-order valence-electron chi connectivity index (χ4n) is 2.88. The van der Waals surface area contributed by atoms with E-state index in [0.29, 0.717) is 13.0 Å². The molecule has 23 heavy (non-hydrogen) atoms. The molecule has 1 atom stereocenters. The Hall–Kier alpha value is -2.69. The predicted octanol–water partition coefficient (Wildman–Crippen LogP) is 1.97. The van der Waals surface area contributed by atoms with Gasteiger partial charge in [-0.3, -0.25) is 9.78 Å². The van der Waals surface area contributed by atoms with Crippen LogP contribution in [0.3, 0.4) is 0 Å². The topological polar surface area (TPSA) is 70.5 Å². The number of aliphatic carboxylic acids is 1. The highest BCUT2D eigenvalue weighted by atomic mass is 16.4. The lowest BCUT2D eigenvalue weighted by Gasteiger charge is -2.34. The van der Waals surface area contributed by atoms with E-state index in [4.69, 9.17) is 0 Å². The number of fused-ring (bicyclic) bond motifs is 1. The van der Waals surface area contributed by atoms with Crippen molar-refractivity contribution in [2.75, 3.05) is 0 Å². The Labute approximate surface area is 134 Å². The number of benzene rings is 1. The molecular weight excluding hydrogens is 292 g/mol. The Morgan fingerprint density at radius 1 is 1.22 bits per heavy atom. The number of aryl methyl sites for hydroxylation is 1. The molecule has 1 unspecified atom stereocenters. The van der Waals surface area contributed by atoms with Gasteiger partial charge in [0.25, 0.3) is 0 Å². The summed E-state index contributed by atoms with van der Waals surface area (Å²) in [5, 5.41) is 9.48. The van der Waals surface area contributed by atoms with E-state index in [2.05, 4.69) is 4.98 Å². The third-order valence-electron chi connectivity index (χ3n) is 4.18. The van der Waals surface area contributed by atoms with Gasteiger partial charge in [0, 0.05) is 24.9 Å². The summed E-state index contributed by atoms with van der Waals surface area (Å²) in [6.45, 7) is 2.22. The Kier molecular flexibility index (Phi) is 4.10. The molecule has 118 valence electrons. The number of rotatable bonds is 3. The van der Waals surface area contributed by atoms with Gasteiger partial charge in [-0.1, -0.05) is 30.3 Å². The van der Waals surface area contributed by atoms with Crippen molar-refractivity contribution in [1.82, 2.24) is 9.88 Å². The summed E-state index contributed by atoms with van der Waals surface area (Å²) in [5.74, 6) is -1.15. The number of carbonyl (C=O) groups excluding carboxylic acids is 1. The van der Waals surface area contributed by atoms with E-state index in [1.807, 2.05) is 43.3 Å². The van der Waals surface area contributed by atoms with Gasteiger partial charge < -0.3 is 10.0 Å². The van der Waals surface area contributed by atoms with Crippen LogP contribution in [0.15, 0.2) is 42.6 Å². The molecule has 0 saturated heterocycles. The van der Waals surface area contributed by atoms with Crippen LogP contribution in [-0.4, -0.2) is 32.9 Å². The van der Waals surface area contributed by atoms with Crippen LogP contribution in [0.5, 0.6) is 0 Å². The fourth-order valence-corrected chi connectivity index (χ4v) is 2.88. The van der Waals surface area contributed by atoms with Gasteiger partial charge in [0.2, 0.25) is 5.91 Å². The minimum Gasteiger partial charge on any atom is -0.480 e. The van der Waals surface area contributed by atoms with Crippen molar-refractivity contribution in [3.05, 3.63) is 65.0 Å². The number of pyridine rings is 1. The first-order chi connectivity index (χ1) is 11.0. The summed E-state index contributed by atoms with van der Waals surface area (Å²) in [6.07, 6.45) is 2.18. The molecule has 0 aliphatic carbocycles. The zero-order valence-corrected chi connectivity index (χ0v) is 12.9. The van der Waals surface area contributed by atoms with E-state index in [0.717, 1.165) is 22.4 Å². The van der Waals surface area contributed by atoms with Gasteiger partial charge in [-0.2, -0.15) is 0 Å². The van der Waals surface area contributed by atoms with Gasteiger partial charge >= 0.3 is 5.97 Å². The highest BCUT2D eigenvalue weighted by molar-refractivity contribution is 5.85. The number of hydrogen-bond acceptors (Lipinski definition) is 3. The molecular formula is C18H18N2O3. The van der Waals surface area contributed by atoms with E-state index >= 15 is 0 Å². The molecule has 1 N–H and O–H groups in total. The van der Waals surface area contributed by atoms with E-state index in [1.165, 1.54) is 4.90 Å². The number of carboxylic acid groups (broad SMARTS) is 1. The minimum atomic E-state index is -0.963. The first-order valence-corrected chi connectivity index (χ1v) is 7.55. The minimum absolute atomic E-state index is 0.166. The van der Waals surface area contributed by atoms with E-state index in [1.54, 1.807) is 6.20 Å². The summed E-state index contributed by atoms with van der Waals surface area (Å²) >= 11 is 0. The number of amides is 1. The Balaban J connectivity index is 1.83. The summed E-state index contributed by atoms with van der Waals surface area (Å²) < 4.78 is 0. The van der Waals surface area contributed by atoms with Gasteiger partial charge in [0.1, 0.15) is 6.04 Å². The Morgan fingerprint density at radius 2 is 1.96 bits per heavy atom. The monoisotopic (exact) mass is 310 g/mol. The van der Waals surface area contributed by atoms with Crippen molar-refractivity contribution < 1.29 is 14.7 Å². The van der Waals surface area contributed by atoms with Crippen LogP contribution in [-0.2, 0) is 29.0 Å². The Morgan fingerprint density at radius 3 is 2.61 bits per heavy atom. The fraction of sp³-hybridized carbons (Fsp3) is 0.278. The molecule has 1 aromatic carbocycles. The highest BCUT2D eigenvalue weighted by Crippen LogP contribution is 2.24. The average Bonchev–Trinajstić information content (AvgIpc) is 2.55. The summed E-state index contributed by atoms with van der Waals surface area (Å²) in [6, 6.07) is 10.6. The number of nitrogens with zero attached hydrogens (tertiary/aromatic N) is 2. The van der Waals surface area contributed by atoms with Crippen LogP contribution >= 0.6 is 0 Å². The van der Waals surface area contributed by atoms with Crippen molar-refractivity contribution >= 4 is 11.9 Å². The van der Waals surface area contributed by atoms with Crippen LogP contribution in [0.25, 0.3) is 0 Å². The molecule has 0 radical (unpaired) electrons. The molecule has 1 amide bonds. The van der Waals surface area contributed by atoms with Crippen molar-refractivity contribution in [2.24, 2.45) is 0 Å². The Bertz CT molecular complexity index is 740. The average molecular weight is 310 g/mol. The molecule has 0 saturated carbocycles. The smallest absolute Gasteiger partial charge is 0.326 e. The number of carboxylic acids is 1. The lowest BCUT2D eigenvalue weighted by molar-refractivity contribution is -0.151. The van der Waals surface area contributed by atoms with Gasteiger partial charge in [0.15, 0.2) is 0 Å². The van der Waals surface area contributed by atoms with E-state index in [-0.39, 0.29) is 12.3 Å². The maximum atomic E-state index is 12.6. The van der Waals surface area contributed by atoms with Crippen molar-refractivity contribution in [3.63, 3.8) is 0 Å². The second-order valence-corrected chi connectivity index (χ2v) is 5.83. The van der Waals surface area contributed by atoms with Gasteiger partial charge in [0.05, 0.1) is 6.42 Å².